The lowest BCUT2D eigenvalue weighted by Gasteiger charge is -2.71. The van der Waals surface area contributed by atoms with E-state index >= 15 is 4.79 Å². The second-order valence-corrected chi connectivity index (χ2v) is 42.8. The molecular formula is C93H150O45. The Bertz CT molecular complexity index is 4100. The Balaban J connectivity index is 0.763. The molecule has 45 nitrogen and oxygen atoms in total. The zero-order valence-electron chi connectivity index (χ0n) is 80.2. The molecule has 22 N–H and O–H groups in total. The van der Waals surface area contributed by atoms with E-state index in [9.17, 15) is 132 Å². The SMILES string of the molecule is CC[C@H]1O[C@@H](O[C@@H](C[C@H](O)CC(=O)O[C@@H](C[C@H](O)CC(=O)OC2[C@H](O)C(C)O[C@@H](OC(=O)[C@]34CCC(C)(C)CC3C3=CCC5[C@@]6(C)CC[C@H](O[C@@H]7OC(C(=O)O)[C@H](O)[C@H](O[C@@H]8OC[C@@H](O)[C@H](O)C8O)C7O[C@@H]7OC(CO)[C@H](O)[C@H](O)C7O)[C@@](C)(C=O)C6CC[C@@]5(C)[C@]3(C)C[C@H]4O)[C@@H]2O[C@@H]2OC(C)[C@H](OC3OCC(O)[C@H](O[C@@H]4OCC(O)(CO)[C@@H]4O)[C@@H]3O)[C@H](O)C2O)[C@@H](C)CC)[C@@H](C)CC)C(O)C1O. The van der Waals surface area contributed by atoms with Gasteiger partial charge in [0.2, 0.25) is 6.29 Å². The zero-order chi connectivity index (χ0) is 101. The minimum atomic E-state index is -2.27. The molecule has 45 heteroatoms. The first-order chi connectivity index (χ1) is 64.8. The third-order valence-corrected chi connectivity index (χ3v) is 33.5. The lowest BCUT2D eigenvalue weighted by molar-refractivity contribution is -0.391. The molecular weight excluding hydrogens is 1840 g/mol. The van der Waals surface area contributed by atoms with Crippen LogP contribution in [0.25, 0.3) is 0 Å². The summed E-state index contributed by atoms with van der Waals surface area (Å²) in [4.78, 5) is 72.7. The van der Waals surface area contributed by atoms with Gasteiger partial charge in [0, 0.05) is 12.8 Å². The molecule has 4 saturated carbocycles. The number of hydrogen-bond donors (Lipinski definition) is 22. The maximum atomic E-state index is 16.5. The summed E-state index contributed by atoms with van der Waals surface area (Å²) in [7, 11) is 0. The van der Waals surface area contributed by atoms with Crippen LogP contribution >= 0.6 is 0 Å². The van der Waals surface area contributed by atoms with E-state index in [-0.39, 0.29) is 50.4 Å². The van der Waals surface area contributed by atoms with Gasteiger partial charge in [-0.05, 0) is 129 Å². The molecule has 13 rings (SSSR count). The van der Waals surface area contributed by atoms with Crippen LogP contribution in [0.2, 0.25) is 0 Å². The fourth-order valence-corrected chi connectivity index (χ4v) is 24.3. The molecule has 12 fully saturated rings. The van der Waals surface area contributed by atoms with E-state index in [2.05, 4.69) is 26.8 Å². The van der Waals surface area contributed by atoms with Crippen LogP contribution in [0.3, 0.4) is 0 Å². The van der Waals surface area contributed by atoms with Gasteiger partial charge in [-0.2, -0.15) is 0 Å². The smallest absolute Gasteiger partial charge is 0.335 e. The first kappa shape index (κ1) is 111. The Kier molecular flexibility index (Phi) is 35.5. The van der Waals surface area contributed by atoms with Crippen molar-refractivity contribution in [1.82, 2.24) is 0 Å². The van der Waals surface area contributed by atoms with Crippen LogP contribution < -0.4 is 0 Å². The summed E-state index contributed by atoms with van der Waals surface area (Å²) < 4.78 is 109. The number of esters is 3. The fraction of sp³-hybridized carbons (Fsp3) is 0.925. The maximum absolute atomic E-state index is 16.5. The minimum absolute atomic E-state index is 0.00483. The van der Waals surface area contributed by atoms with Crippen LogP contribution in [-0.2, 0) is 109 Å². The van der Waals surface area contributed by atoms with Gasteiger partial charge < -0.3 is 202 Å². The van der Waals surface area contributed by atoms with Crippen molar-refractivity contribution in [2.24, 2.45) is 62.1 Å². The number of aldehydes is 1. The molecule has 792 valence electrons. The summed E-state index contributed by atoms with van der Waals surface area (Å²) in [5.41, 5.74) is -7.75. The molecule has 0 aromatic carbocycles. The molecule has 8 aliphatic heterocycles. The summed E-state index contributed by atoms with van der Waals surface area (Å²) in [6.45, 7) is 20.0. The molecule has 0 bridgehead atoms. The Morgan fingerprint density at radius 3 is 1.70 bits per heavy atom. The molecule has 51 atom stereocenters. The van der Waals surface area contributed by atoms with Crippen LogP contribution in [0.15, 0.2) is 11.6 Å². The van der Waals surface area contributed by atoms with Crippen LogP contribution in [0.5, 0.6) is 0 Å². The van der Waals surface area contributed by atoms with Crippen molar-refractivity contribution in [1.29, 1.82) is 0 Å². The minimum Gasteiger partial charge on any atom is -0.479 e. The van der Waals surface area contributed by atoms with Crippen molar-refractivity contribution < 1.29 is 222 Å². The van der Waals surface area contributed by atoms with E-state index in [0.717, 1.165) is 11.9 Å². The van der Waals surface area contributed by atoms with Gasteiger partial charge in [0.1, 0.15) is 145 Å². The number of rotatable bonds is 35. The monoisotopic (exact) mass is 1990 g/mol. The predicted octanol–water partition coefficient (Wildman–Crippen LogP) is -4.27. The molecule has 0 aromatic rings. The standard InChI is InChI=1S/C93H150O45/c1-14-37(4)48(126-55(102)27-42(98)26-49(38(5)15-2)128-81-64(111)59(106)47(16-3)127-81)25-41(97)28-56(103)131-71-57(104)39(6)124-83(74(71)136-80-66(113)62(109)69(40(7)125-80)132-79-68(115)70(46(100)33-122-79)133-85-76(116)92(120,35-96)36-123-85)138-86(119)93-24-23-87(8,9)29-44(93)43-17-18-52-88(10)21-20-54(89(11,34-95)51(88)19-22-90(52,12)91(43,13)30-53(93)101)130-84-75(137-82-65(112)61(108)60(107)50(31-94)129-82)72(67(114)73(135-84)77(117)118)134-78-63(110)58(105)45(99)32-121-78/h17,34,37-42,44-54,57-76,78-85,94,96-101,104-116,120H,14-16,18-33,35-36H2,1-13H3,(H,117,118)/t37-,38-,39?,40?,41-,42-,44?,45+,46?,47+,48-,49-,50?,51?,52?,53+,54-,57+,58-,59?,60-,61-,62+,63?,64?,65?,66?,67+,68-,69-,70-,71?,72-,73?,74+,75?,76+,78-,79?,80-,81-,82-,83-,84+,85-,88-,89-,90+,91+,92?,93+/m0/s1. The molecule has 0 radical (unpaired) electrons. The zero-order valence-corrected chi connectivity index (χ0v) is 80.2. The number of carbonyl (C=O) groups excluding carboxylic acids is 4. The number of carboxylic acid groups (broad SMARTS) is 1. The fourth-order valence-electron chi connectivity index (χ4n) is 24.3. The maximum Gasteiger partial charge on any atom is 0.335 e. The molecule has 8 saturated heterocycles. The largest absolute Gasteiger partial charge is 0.479 e. The van der Waals surface area contributed by atoms with E-state index in [4.69, 9.17) is 85.3 Å². The summed E-state index contributed by atoms with van der Waals surface area (Å²) in [5, 5.41) is 247. The van der Waals surface area contributed by atoms with Crippen molar-refractivity contribution in [2.75, 3.05) is 33.0 Å². The van der Waals surface area contributed by atoms with Crippen molar-refractivity contribution in [2.45, 2.75) is 444 Å². The van der Waals surface area contributed by atoms with Gasteiger partial charge in [0.05, 0.1) is 100 Å². The molecule has 5 aliphatic carbocycles. The molecule has 13 aliphatic rings. The summed E-state index contributed by atoms with van der Waals surface area (Å²) in [6, 6.07) is 0. The highest BCUT2D eigenvalue weighted by molar-refractivity contribution is 5.80. The summed E-state index contributed by atoms with van der Waals surface area (Å²) >= 11 is 0. The topological polar surface area (TPSA) is 697 Å². The highest BCUT2D eigenvalue weighted by atomic mass is 16.8. The van der Waals surface area contributed by atoms with Gasteiger partial charge in [0.25, 0.3) is 0 Å². The predicted molar refractivity (Wildman–Crippen MR) is 461 cm³/mol. The molecule has 0 aromatic heterocycles. The Morgan fingerprint density at radius 2 is 1.08 bits per heavy atom. The number of allylic oxidation sites excluding steroid dienone is 2. The number of aliphatic carboxylic acids is 1. The van der Waals surface area contributed by atoms with Crippen molar-refractivity contribution in [3.05, 3.63) is 11.6 Å². The molecule has 0 amide bonds. The number of ether oxygens (including phenoxy) is 18. The van der Waals surface area contributed by atoms with E-state index in [0.29, 0.717) is 51.4 Å². The molecule has 17 unspecified atom stereocenters. The van der Waals surface area contributed by atoms with E-state index in [1.54, 1.807) is 27.7 Å². The van der Waals surface area contributed by atoms with E-state index < -0.39 is 371 Å². The first-order valence-electron chi connectivity index (χ1n) is 48.7. The third-order valence-electron chi connectivity index (χ3n) is 33.5. The summed E-state index contributed by atoms with van der Waals surface area (Å²) in [5.74, 6) is -7.29. The van der Waals surface area contributed by atoms with E-state index in [1.165, 1.54) is 13.8 Å². The lowest BCUT2D eigenvalue weighted by Crippen LogP contribution is -2.69. The quantitative estimate of drug-likeness (QED) is 0.00939. The first-order valence-corrected chi connectivity index (χ1v) is 48.7. The highest BCUT2D eigenvalue weighted by Gasteiger charge is 2.74. The Labute approximate surface area is 799 Å². The Morgan fingerprint density at radius 1 is 0.514 bits per heavy atom. The lowest BCUT2D eigenvalue weighted by atomic mass is 9.33. The summed E-state index contributed by atoms with van der Waals surface area (Å²) in [6.07, 6.45) is -65.2. The number of aliphatic hydroxyl groups is 21. The third kappa shape index (κ3) is 21.4. The van der Waals surface area contributed by atoms with Gasteiger partial charge in [-0.25, -0.2) is 4.79 Å². The number of carbonyl (C=O) groups is 5. The van der Waals surface area contributed by atoms with Crippen molar-refractivity contribution in [3.8, 4) is 0 Å². The van der Waals surface area contributed by atoms with Gasteiger partial charge in [0.15, 0.2) is 62.3 Å². The van der Waals surface area contributed by atoms with Gasteiger partial charge in [-0.3, -0.25) is 14.4 Å². The molecule has 138 heavy (non-hydrogen) atoms. The number of hydrogen-bond acceptors (Lipinski definition) is 44. The van der Waals surface area contributed by atoms with Crippen molar-refractivity contribution in [3.63, 3.8) is 0 Å². The number of fused-ring (bicyclic) bond motifs is 7. The average Bonchev–Trinajstić information content (AvgIpc) is 0.700. The van der Waals surface area contributed by atoms with E-state index in [1.807, 2.05) is 27.7 Å². The van der Waals surface area contributed by atoms with Crippen molar-refractivity contribution >= 4 is 30.2 Å². The Hall–Kier alpha value is -4.15. The van der Waals surface area contributed by atoms with Crippen LogP contribution in [0.4, 0.5) is 0 Å². The van der Waals surface area contributed by atoms with Gasteiger partial charge in [-0.1, -0.05) is 101 Å². The number of carboxylic acids is 1. The molecule has 8 heterocycles. The van der Waals surface area contributed by atoms with Crippen LogP contribution in [0, 0.1) is 62.1 Å². The number of aliphatic hydroxyl groups excluding tert-OH is 20. The average molecular weight is 1990 g/mol. The highest BCUT2D eigenvalue weighted by Crippen LogP contribution is 2.76. The molecule has 0 spiro atoms. The second kappa shape index (κ2) is 44.1. The van der Waals surface area contributed by atoms with Gasteiger partial charge in [-0.15, -0.1) is 0 Å². The normalized spacial score (nSPS) is 48.7. The van der Waals surface area contributed by atoms with Gasteiger partial charge >= 0.3 is 23.9 Å². The van der Waals surface area contributed by atoms with Crippen LogP contribution in [0.1, 0.15) is 193 Å². The second-order valence-electron chi connectivity index (χ2n) is 42.8. The van der Waals surface area contributed by atoms with Crippen LogP contribution in [-0.4, -0.2) is 427 Å².